The summed E-state index contributed by atoms with van der Waals surface area (Å²) in [7, 11) is 1.65. The molecule has 0 saturated carbocycles. The van der Waals surface area contributed by atoms with Crippen LogP contribution in [0.25, 0.3) is 0 Å². The maximum Gasteiger partial charge on any atom is 0.254 e. The van der Waals surface area contributed by atoms with Gasteiger partial charge in [0.1, 0.15) is 12.3 Å². The number of methoxy groups -OCH3 is 1. The summed E-state index contributed by atoms with van der Waals surface area (Å²) >= 11 is 1.74. The lowest BCUT2D eigenvalue weighted by Crippen LogP contribution is -2.47. The Hall–Kier alpha value is -3.12. The van der Waals surface area contributed by atoms with Crippen LogP contribution in [0.15, 0.2) is 60.0 Å². The van der Waals surface area contributed by atoms with E-state index in [2.05, 4.69) is 11.4 Å². The number of hydrogen-bond acceptors (Lipinski definition) is 4. The number of thiophene rings is 1. The van der Waals surface area contributed by atoms with Crippen LogP contribution in [0, 0.1) is 6.92 Å². The smallest absolute Gasteiger partial charge is 0.254 e. The molecule has 0 spiro atoms. The fourth-order valence-corrected chi connectivity index (χ4v) is 5.29. The van der Waals surface area contributed by atoms with Gasteiger partial charge in [-0.2, -0.15) is 0 Å². The molecular formula is C27H30N2O3S. The van der Waals surface area contributed by atoms with Gasteiger partial charge in [-0.3, -0.25) is 9.59 Å². The molecule has 1 aromatic heterocycles. The van der Waals surface area contributed by atoms with Crippen molar-refractivity contribution in [2.75, 3.05) is 26.7 Å². The van der Waals surface area contributed by atoms with Crippen LogP contribution in [0.1, 0.15) is 51.3 Å². The summed E-state index contributed by atoms with van der Waals surface area (Å²) in [5, 5.41) is 2.10. The summed E-state index contributed by atoms with van der Waals surface area (Å²) in [6.07, 6.45) is 1.63. The van der Waals surface area contributed by atoms with Crippen LogP contribution >= 0.6 is 11.3 Å². The summed E-state index contributed by atoms with van der Waals surface area (Å²) in [5.41, 5.74) is 3.95. The molecule has 0 N–H and O–H groups in total. The fraction of sp³-hybridized carbons (Fsp3) is 0.333. The van der Waals surface area contributed by atoms with E-state index in [1.807, 2.05) is 67.3 Å². The quantitative estimate of drug-likeness (QED) is 0.491. The van der Waals surface area contributed by atoms with Gasteiger partial charge in [0.05, 0.1) is 13.2 Å². The van der Waals surface area contributed by atoms with Gasteiger partial charge in [-0.25, -0.2) is 0 Å². The Labute approximate surface area is 199 Å². The average molecular weight is 463 g/mol. The van der Waals surface area contributed by atoms with Crippen molar-refractivity contribution in [2.45, 2.75) is 32.7 Å². The molecule has 2 aromatic carbocycles. The predicted molar refractivity (Wildman–Crippen MR) is 132 cm³/mol. The molecule has 0 fully saturated rings. The third-order valence-electron chi connectivity index (χ3n) is 6.12. The Balaban J connectivity index is 1.60. The van der Waals surface area contributed by atoms with Gasteiger partial charge < -0.3 is 14.5 Å². The van der Waals surface area contributed by atoms with Gasteiger partial charge >= 0.3 is 0 Å². The van der Waals surface area contributed by atoms with Gasteiger partial charge in [0.2, 0.25) is 5.91 Å². The van der Waals surface area contributed by atoms with Gasteiger partial charge in [-0.05, 0) is 66.6 Å². The second-order valence-corrected chi connectivity index (χ2v) is 9.41. The third kappa shape index (κ3) is 4.96. The summed E-state index contributed by atoms with van der Waals surface area (Å²) in [5.74, 6) is 0.664. The van der Waals surface area contributed by atoms with Crippen molar-refractivity contribution in [1.82, 2.24) is 9.80 Å². The highest BCUT2D eigenvalue weighted by Crippen LogP contribution is 2.38. The second-order valence-electron chi connectivity index (χ2n) is 8.40. The Bertz CT molecular complexity index is 1110. The topological polar surface area (TPSA) is 49.9 Å². The van der Waals surface area contributed by atoms with Gasteiger partial charge in [0, 0.05) is 23.5 Å². The van der Waals surface area contributed by atoms with Crippen LogP contribution in [0.2, 0.25) is 0 Å². The standard InChI is InChI=1S/C27H30N2O3S/c1-4-15-28(27(31)21-7-5-19(2)6-8-21)18-25(30)29-16-13-24-23(14-17-33-24)26(29)20-9-11-22(32-3)12-10-20/h5-12,14,17,26H,4,13,15-16,18H2,1-3H3. The zero-order chi connectivity index (χ0) is 23.4. The molecule has 0 saturated heterocycles. The van der Waals surface area contributed by atoms with E-state index in [4.69, 9.17) is 4.74 Å². The first-order valence-corrected chi connectivity index (χ1v) is 12.3. The highest BCUT2D eigenvalue weighted by Gasteiger charge is 2.34. The van der Waals surface area contributed by atoms with E-state index >= 15 is 0 Å². The Morgan fingerprint density at radius 3 is 2.48 bits per heavy atom. The summed E-state index contributed by atoms with van der Waals surface area (Å²) in [4.78, 5) is 31.7. The van der Waals surface area contributed by atoms with E-state index in [9.17, 15) is 9.59 Å². The number of benzene rings is 2. The number of ether oxygens (including phenoxy) is 1. The number of aryl methyl sites for hydroxylation is 1. The molecular weight excluding hydrogens is 432 g/mol. The molecule has 172 valence electrons. The fourth-order valence-electron chi connectivity index (χ4n) is 4.39. The van der Waals surface area contributed by atoms with Crippen LogP contribution in [0.3, 0.4) is 0 Å². The molecule has 3 aromatic rings. The minimum Gasteiger partial charge on any atom is -0.497 e. The maximum absolute atomic E-state index is 13.6. The van der Waals surface area contributed by atoms with E-state index in [1.165, 1.54) is 10.4 Å². The summed E-state index contributed by atoms with van der Waals surface area (Å²) in [6.45, 7) is 5.28. The van der Waals surface area contributed by atoms with Gasteiger partial charge in [-0.15, -0.1) is 11.3 Å². The molecule has 2 heterocycles. The van der Waals surface area contributed by atoms with Crippen molar-refractivity contribution >= 4 is 23.2 Å². The number of carbonyl (C=O) groups is 2. The number of fused-ring (bicyclic) bond motifs is 1. The van der Waals surface area contributed by atoms with Crippen molar-refractivity contribution in [2.24, 2.45) is 0 Å². The number of nitrogens with zero attached hydrogens (tertiary/aromatic N) is 2. The molecule has 1 atom stereocenters. The molecule has 6 heteroatoms. The molecule has 0 aliphatic carbocycles. The van der Waals surface area contributed by atoms with Crippen molar-refractivity contribution in [3.63, 3.8) is 0 Å². The minimum atomic E-state index is -0.156. The lowest BCUT2D eigenvalue weighted by molar-refractivity contribution is -0.134. The van der Waals surface area contributed by atoms with Crippen molar-refractivity contribution in [3.8, 4) is 5.75 Å². The first kappa shape index (κ1) is 23.1. The summed E-state index contributed by atoms with van der Waals surface area (Å²) in [6, 6.07) is 17.4. The van der Waals surface area contributed by atoms with Crippen LogP contribution in [-0.4, -0.2) is 48.4 Å². The average Bonchev–Trinajstić information content (AvgIpc) is 3.32. The molecule has 1 aliphatic rings. The molecule has 4 rings (SSSR count). The SMILES string of the molecule is CCCN(CC(=O)N1CCc2sccc2C1c1ccc(OC)cc1)C(=O)c1ccc(C)cc1. The van der Waals surface area contributed by atoms with Crippen LogP contribution < -0.4 is 4.74 Å². The zero-order valence-electron chi connectivity index (χ0n) is 19.4. The highest BCUT2D eigenvalue weighted by molar-refractivity contribution is 7.10. The van der Waals surface area contributed by atoms with Gasteiger partial charge in [-0.1, -0.05) is 36.8 Å². The largest absolute Gasteiger partial charge is 0.497 e. The Morgan fingerprint density at radius 1 is 1.09 bits per heavy atom. The monoisotopic (exact) mass is 462 g/mol. The summed E-state index contributed by atoms with van der Waals surface area (Å²) < 4.78 is 5.32. The third-order valence-corrected chi connectivity index (χ3v) is 7.12. The van der Waals surface area contributed by atoms with Crippen LogP contribution in [-0.2, 0) is 11.2 Å². The maximum atomic E-state index is 13.6. The van der Waals surface area contributed by atoms with Crippen molar-refractivity contribution < 1.29 is 14.3 Å². The first-order chi connectivity index (χ1) is 16.0. The molecule has 1 unspecified atom stereocenters. The number of carbonyl (C=O) groups excluding carboxylic acids is 2. The molecule has 33 heavy (non-hydrogen) atoms. The zero-order valence-corrected chi connectivity index (χ0v) is 20.2. The molecule has 0 bridgehead atoms. The van der Waals surface area contributed by atoms with E-state index in [0.717, 1.165) is 29.7 Å². The Kier molecular flexibility index (Phi) is 7.14. The molecule has 0 radical (unpaired) electrons. The van der Waals surface area contributed by atoms with Crippen LogP contribution in [0.5, 0.6) is 5.75 Å². The van der Waals surface area contributed by atoms with E-state index in [0.29, 0.717) is 18.7 Å². The lowest BCUT2D eigenvalue weighted by Gasteiger charge is -2.37. The molecule has 5 nitrogen and oxygen atoms in total. The number of hydrogen-bond donors (Lipinski definition) is 0. The van der Waals surface area contributed by atoms with E-state index < -0.39 is 0 Å². The minimum absolute atomic E-state index is 0.0263. The second kappa shape index (κ2) is 10.2. The number of rotatable bonds is 7. The van der Waals surface area contributed by atoms with Crippen LogP contribution in [0.4, 0.5) is 0 Å². The molecule has 1 aliphatic heterocycles. The first-order valence-electron chi connectivity index (χ1n) is 11.4. The van der Waals surface area contributed by atoms with Gasteiger partial charge in [0.25, 0.3) is 5.91 Å². The van der Waals surface area contributed by atoms with E-state index in [-0.39, 0.29) is 24.4 Å². The van der Waals surface area contributed by atoms with Crippen molar-refractivity contribution in [3.05, 3.63) is 87.1 Å². The highest BCUT2D eigenvalue weighted by atomic mass is 32.1. The Morgan fingerprint density at radius 2 is 1.82 bits per heavy atom. The van der Waals surface area contributed by atoms with E-state index in [1.54, 1.807) is 23.3 Å². The molecule has 2 amide bonds. The van der Waals surface area contributed by atoms with Gasteiger partial charge in [0.15, 0.2) is 0 Å². The lowest BCUT2D eigenvalue weighted by atomic mass is 9.93. The van der Waals surface area contributed by atoms with Crippen molar-refractivity contribution in [1.29, 1.82) is 0 Å². The predicted octanol–water partition coefficient (Wildman–Crippen LogP) is 5.09. The number of amides is 2. The normalized spacial score (nSPS) is 15.1.